The Hall–Kier alpha value is -1.83. The van der Waals surface area contributed by atoms with Gasteiger partial charge in [0.05, 0.1) is 19.8 Å². The average Bonchev–Trinajstić information content (AvgIpc) is 2.54. The van der Waals surface area contributed by atoms with Gasteiger partial charge in [-0.2, -0.15) is 0 Å². The second kappa shape index (κ2) is 8.86. The first-order valence-corrected chi connectivity index (χ1v) is 9.22. The molecule has 0 radical (unpaired) electrons. The Morgan fingerprint density at radius 2 is 1.42 bits per heavy atom. The van der Waals surface area contributed by atoms with Gasteiger partial charge >= 0.3 is 0 Å². The van der Waals surface area contributed by atoms with Crippen LogP contribution in [0, 0.1) is 0 Å². The summed E-state index contributed by atoms with van der Waals surface area (Å²) in [7, 11) is -4.64. The Morgan fingerprint density at radius 3 is 1.92 bits per heavy atom. The van der Waals surface area contributed by atoms with E-state index in [1.165, 1.54) is 0 Å². The summed E-state index contributed by atoms with van der Waals surface area (Å²) < 4.78 is 46.7. The number of fused-ring (bicyclic) bond motifs is 1. The Bertz CT molecular complexity index is 757. The van der Waals surface area contributed by atoms with Crippen LogP contribution in [0.3, 0.4) is 0 Å². The highest BCUT2D eigenvalue weighted by atomic mass is 32.3. The van der Waals surface area contributed by atoms with Crippen LogP contribution in [0.1, 0.15) is 26.2 Å². The maximum absolute atomic E-state index is 10.4. The molecule has 0 unspecified atom stereocenters. The maximum Gasteiger partial charge on any atom is 0.217 e. The summed E-state index contributed by atoms with van der Waals surface area (Å²) in [6, 6.07) is 11.5. The van der Waals surface area contributed by atoms with Crippen LogP contribution in [0.25, 0.3) is 10.8 Å². The highest BCUT2D eigenvalue weighted by molar-refractivity contribution is 7.80. The minimum absolute atomic E-state index is 0.192. The molecule has 132 valence electrons. The van der Waals surface area contributed by atoms with Crippen LogP contribution in [-0.4, -0.2) is 32.8 Å². The van der Waals surface area contributed by atoms with Crippen molar-refractivity contribution < 1.29 is 26.6 Å². The normalized spacial score (nSPS) is 11.6. The number of ether oxygens (including phenoxy) is 2. The molecule has 0 aliphatic carbocycles. The van der Waals surface area contributed by atoms with Crippen LogP contribution in [0.5, 0.6) is 11.5 Å². The number of rotatable bonds is 10. The summed E-state index contributed by atoms with van der Waals surface area (Å²) in [4.78, 5) is 0. The Morgan fingerprint density at radius 1 is 0.875 bits per heavy atom. The molecule has 0 spiro atoms. The first-order valence-electron chi connectivity index (χ1n) is 7.89. The molecule has 0 heterocycles. The van der Waals surface area contributed by atoms with Crippen molar-refractivity contribution in [1.82, 2.24) is 0 Å². The van der Waals surface area contributed by atoms with Gasteiger partial charge in [0, 0.05) is 17.2 Å². The SMILES string of the molecule is CCCCOc1cccc2c(OCCCOS(=O)(=O)[O-])cccc12. The van der Waals surface area contributed by atoms with E-state index in [0.717, 1.165) is 29.4 Å². The molecule has 6 nitrogen and oxygen atoms in total. The minimum atomic E-state index is -4.64. The average molecular weight is 353 g/mol. The van der Waals surface area contributed by atoms with Crippen LogP contribution in [-0.2, 0) is 14.6 Å². The predicted octanol–water partition coefficient (Wildman–Crippen LogP) is 3.26. The lowest BCUT2D eigenvalue weighted by Crippen LogP contribution is -2.08. The number of unbranched alkanes of at least 4 members (excludes halogenated alkanes) is 1. The molecule has 0 saturated heterocycles. The molecule has 0 amide bonds. The van der Waals surface area contributed by atoms with E-state index in [9.17, 15) is 13.0 Å². The number of benzene rings is 2. The van der Waals surface area contributed by atoms with Gasteiger partial charge in [-0.25, -0.2) is 8.42 Å². The Labute approximate surface area is 142 Å². The molecule has 0 N–H and O–H groups in total. The molecule has 0 atom stereocenters. The van der Waals surface area contributed by atoms with Crippen LogP contribution in [0.4, 0.5) is 0 Å². The largest absolute Gasteiger partial charge is 0.726 e. The van der Waals surface area contributed by atoms with Crippen molar-refractivity contribution in [2.24, 2.45) is 0 Å². The van der Waals surface area contributed by atoms with Gasteiger partial charge in [-0.3, -0.25) is 4.18 Å². The van der Waals surface area contributed by atoms with Crippen LogP contribution in [0.15, 0.2) is 36.4 Å². The van der Waals surface area contributed by atoms with E-state index in [1.54, 1.807) is 0 Å². The van der Waals surface area contributed by atoms with Gasteiger partial charge in [0.1, 0.15) is 11.5 Å². The van der Waals surface area contributed by atoms with Gasteiger partial charge in [-0.15, -0.1) is 0 Å². The topological polar surface area (TPSA) is 84.9 Å². The molecule has 0 fully saturated rings. The molecule has 0 aliphatic heterocycles. The third-order valence-corrected chi connectivity index (χ3v) is 3.83. The summed E-state index contributed by atoms with van der Waals surface area (Å²) in [5.41, 5.74) is 0. The van der Waals surface area contributed by atoms with Crippen molar-refractivity contribution in [2.75, 3.05) is 19.8 Å². The van der Waals surface area contributed by atoms with Crippen molar-refractivity contribution in [3.8, 4) is 11.5 Å². The van der Waals surface area contributed by atoms with E-state index < -0.39 is 10.4 Å². The molecule has 0 aromatic heterocycles. The molecule has 2 aromatic carbocycles. The lowest BCUT2D eigenvalue weighted by atomic mass is 10.1. The van der Waals surface area contributed by atoms with E-state index in [-0.39, 0.29) is 13.2 Å². The predicted molar refractivity (Wildman–Crippen MR) is 90.1 cm³/mol. The van der Waals surface area contributed by atoms with Crippen molar-refractivity contribution >= 4 is 21.2 Å². The lowest BCUT2D eigenvalue weighted by Gasteiger charge is -2.13. The van der Waals surface area contributed by atoms with Crippen LogP contribution in [0.2, 0.25) is 0 Å². The lowest BCUT2D eigenvalue weighted by molar-refractivity contribution is 0.226. The standard InChI is InChI=1S/C17H22O6S/c1-2-3-11-21-16-9-4-8-15-14(16)7-5-10-17(15)22-12-6-13-23-24(18,19)20/h4-5,7-10H,2-3,6,11-13H2,1H3,(H,18,19,20)/p-1. The molecular weight excluding hydrogens is 332 g/mol. The highest BCUT2D eigenvalue weighted by Crippen LogP contribution is 2.32. The zero-order chi connectivity index (χ0) is 17.4. The van der Waals surface area contributed by atoms with Gasteiger partial charge in [0.2, 0.25) is 10.4 Å². The van der Waals surface area contributed by atoms with Gasteiger partial charge in [0.15, 0.2) is 0 Å². The van der Waals surface area contributed by atoms with Crippen molar-refractivity contribution in [3.05, 3.63) is 36.4 Å². The monoisotopic (exact) mass is 353 g/mol. The quantitative estimate of drug-likeness (QED) is 0.370. The summed E-state index contributed by atoms with van der Waals surface area (Å²) in [5.74, 6) is 1.49. The molecule has 7 heteroatoms. The maximum atomic E-state index is 10.4. The highest BCUT2D eigenvalue weighted by Gasteiger charge is 2.07. The van der Waals surface area contributed by atoms with Crippen molar-refractivity contribution in [3.63, 3.8) is 0 Å². The molecule has 2 aromatic rings. The summed E-state index contributed by atoms with van der Waals surface area (Å²) in [6.07, 6.45) is 2.36. The number of hydrogen-bond acceptors (Lipinski definition) is 6. The second-order valence-electron chi connectivity index (χ2n) is 5.24. The fourth-order valence-corrected chi connectivity index (χ4v) is 2.55. The van der Waals surface area contributed by atoms with E-state index in [4.69, 9.17) is 9.47 Å². The number of hydrogen-bond donors (Lipinski definition) is 0. The van der Waals surface area contributed by atoms with E-state index in [0.29, 0.717) is 18.8 Å². The van der Waals surface area contributed by atoms with Crippen molar-refractivity contribution in [1.29, 1.82) is 0 Å². The summed E-state index contributed by atoms with van der Waals surface area (Å²) in [6.45, 7) is 2.83. The summed E-state index contributed by atoms with van der Waals surface area (Å²) >= 11 is 0. The van der Waals surface area contributed by atoms with Crippen molar-refractivity contribution in [2.45, 2.75) is 26.2 Å². The smallest absolute Gasteiger partial charge is 0.217 e. The second-order valence-corrected chi connectivity index (χ2v) is 6.29. The first-order chi connectivity index (χ1) is 11.5. The third kappa shape index (κ3) is 5.67. The Kier molecular flexibility index (Phi) is 6.84. The van der Waals surface area contributed by atoms with Gasteiger partial charge < -0.3 is 14.0 Å². The molecule has 2 rings (SSSR count). The molecular formula is C17H21O6S-. The Balaban J connectivity index is 2.01. The van der Waals surface area contributed by atoms with Crippen LogP contribution >= 0.6 is 0 Å². The fourth-order valence-electron chi connectivity index (χ4n) is 2.23. The minimum Gasteiger partial charge on any atom is -0.726 e. The van der Waals surface area contributed by atoms with E-state index >= 15 is 0 Å². The third-order valence-electron chi connectivity index (χ3n) is 3.37. The molecule has 24 heavy (non-hydrogen) atoms. The summed E-state index contributed by atoms with van der Waals surface area (Å²) in [5, 5.41) is 1.88. The zero-order valence-corrected chi connectivity index (χ0v) is 14.4. The molecule has 0 aliphatic rings. The fraction of sp³-hybridized carbons (Fsp3) is 0.412. The van der Waals surface area contributed by atoms with Gasteiger partial charge in [0.25, 0.3) is 0 Å². The van der Waals surface area contributed by atoms with E-state index in [2.05, 4.69) is 11.1 Å². The zero-order valence-electron chi connectivity index (χ0n) is 13.6. The van der Waals surface area contributed by atoms with Gasteiger partial charge in [-0.1, -0.05) is 37.6 Å². The van der Waals surface area contributed by atoms with E-state index in [1.807, 2.05) is 36.4 Å². The van der Waals surface area contributed by atoms with Crippen LogP contribution < -0.4 is 9.47 Å². The first kappa shape index (κ1) is 18.5. The molecule has 0 bridgehead atoms. The van der Waals surface area contributed by atoms with Gasteiger partial charge in [-0.05, 0) is 18.6 Å². The molecule has 0 saturated carbocycles.